The first-order valence-electron chi connectivity index (χ1n) is 6.82. The lowest BCUT2D eigenvalue weighted by Gasteiger charge is -2.31. The number of nitrogens with zero attached hydrogens (tertiary/aromatic N) is 5. The molecule has 0 aromatic carbocycles. The maximum Gasteiger partial charge on any atom is 0.171 e. The van der Waals surface area contributed by atoms with Crippen molar-refractivity contribution < 1.29 is 8.78 Å². The summed E-state index contributed by atoms with van der Waals surface area (Å²) in [5.74, 6) is 0.373. The summed E-state index contributed by atoms with van der Waals surface area (Å²) in [6, 6.07) is 0. The molecule has 0 atom stereocenters. The van der Waals surface area contributed by atoms with Crippen LogP contribution in [-0.4, -0.2) is 53.1 Å². The van der Waals surface area contributed by atoms with Crippen molar-refractivity contribution in [2.45, 2.75) is 6.54 Å². The molecule has 0 bridgehead atoms. The molecule has 2 heterocycles. The Morgan fingerprint density at radius 3 is 2.76 bits per heavy atom. The van der Waals surface area contributed by atoms with Gasteiger partial charge in [-0.15, -0.1) is 5.10 Å². The molecule has 0 spiro atoms. The lowest BCUT2D eigenvalue weighted by Crippen LogP contribution is -2.44. The quantitative estimate of drug-likeness (QED) is 0.778. The van der Waals surface area contributed by atoms with E-state index in [9.17, 15) is 8.78 Å². The van der Waals surface area contributed by atoms with Gasteiger partial charge in [-0.05, 0) is 25.3 Å². The number of hydrogen-bond acceptors (Lipinski definition) is 4. The molecule has 0 saturated carbocycles. The minimum atomic E-state index is -0.440. The number of aromatic nitrogens is 3. The Labute approximate surface area is 122 Å². The van der Waals surface area contributed by atoms with Crippen molar-refractivity contribution in [3.05, 3.63) is 42.7 Å². The van der Waals surface area contributed by atoms with E-state index in [0.29, 0.717) is 6.33 Å². The Morgan fingerprint density at radius 1 is 1.29 bits per heavy atom. The third-order valence-corrected chi connectivity index (χ3v) is 3.27. The molecule has 1 saturated heterocycles. The second-order valence-corrected chi connectivity index (χ2v) is 4.86. The van der Waals surface area contributed by atoms with Crippen LogP contribution in [0.2, 0.25) is 0 Å². The van der Waals surface area contributed by atoms with Gasteiger partial charge < -0.3 is 9.80 Å². The standard InChI is InChI=1S/C14H19F2N5/c1-19-8-10-20(11-9-19)14-12-21(18-17-14)7-5-13(16)4-2-3-6-15/h2-6,12H,7-11H2,1H3/b4-2-,6-3+,13-5-. The summed E-state index contributed by atoms with van der Waals surface area (Å²) in [7, 11) is 2.09. The van der Waals surface area contributed by atoms with E-state index in [1.807, 2.05) is 0 Å². The zero-order valence-electron chi connectivity index (χ0n) is 12.0. The predicted octanol–water partition coefficient (Wildman–Crippen LogP) is 1.92. The van der Waals surface area contributed by atoms with E-state index in [4.69, 9.17) is 0 Å². The molecule has 21 heavy (non-hydrogen) atoms. The van der Waals surface area contributed by atoms with Crippen molar-refractivity contribution in [3.63, 3.8) is 0 Å². The van der Waals surface area contributed by atoms with Crippen LogP contribution in [0.5, 0.6) is 0 Å². The van der Waals surface area contributed by atoms with Crippen molar-refractivity contribution in [3.8, 4) is 0 Å². The van der Waals surface area contributed by atoms with Crippen LogP contribution in [0.15, 0.2) is 42.7 Å². The normalized spacial score (nSPS) is 18.2. The Morgan fingerprint density at radius 2 is 2.05 bits per heavy atom. The van der Waals surface area contributed by atoms with Crippen molar-refractivity contribution in [2.24, 2.45) is 0 Å². The smallest absolute Gasteiger partial charge is 0.171 e. The van der Waals surface area contributed by atoms with Crippen LogP contribution in [0.3, 0.4) is 0 Å². The van der Waals surface area contributed by atoms with Gasteiger partial charge in [0.05, 0.1) is 19.1 Å². The van der Waals surface area contributed by atoms with Gasteiger partial charge in [0, 0.05) is 26.2 Å². The van der Waals surface area contributed by atoms with Gasteiger partial charge in [-0.25, -0.2) is 13.5 Å². The number of piperazine rings is 1. The summed E-state index contributed by atoms with van der Waals surface area (Å²) >= 11 is 0. The highest BCUT2D eigenvalue weighted by molar-refractivity contribution is 5.35. The van der Waals surface area contributed by atoms with Crippen LogP contribution in [0.4, 0.5) is 14.6 Å². The van der Waals surface area contributed by atoms with Crippen LogP contribution in [-0.2, 0) is 6.54 Å². The first-order chi connectivity index (χ1) is 10.2. The molecular weight excluding hydrogens is 276 g/mol. The van der Waals surface area contributed by atoms with E-state index in [1.54, 1.807) is 10.9 Å². The summed E-state index contributed by atoms with van der Waals surface area (Å²) in [5, 5.41) is 8.09. The van der Waals surface area contributed by atoms with Gasteiger partial charge in [-0.3, -0.25) is 0 Å². The van der Waals surface area contributed by atoms with Crippen LogP contribution in [0.1, 0.15) is 0 Å². The topological polar surface area (TPSA) is 37.2 Å². The molecule has 0 unspecified atom stereocenters. The molecule has 1 aromatic rings. The van der Waals surface area contributed by atoms with Crippen molar-refractivity contribution in [2.75, 3.05) is 38.1 Å². The van der Waals surface area contributed by atoms with Gasteiger partial charge in [-0.2, -0.15) is 0 Å². The third kappa shape index (κ3) is 4.78. The highest BCUT2D eigenvalue weighted by Gasteiger charge is 2.16. The van der Waals surface area contributed by atoms with Gasteiger partial charge in [-0.1, -0.05) is 11.3 Å². The van der Waals surface area contributed by atoms with Crippen LogP contribution in [0.25, 0.3) is 0 Å². The first-order valence-corrected chi connectivity index (χ1v) is 6.82. The first kappa shape index (κ1) is 15.4. The number of allylic oxidation sites excluding steroid dienone is 5. The van der Waals surface area contributed by atoms with E-state index in [0.717, 1.165) is 38.1 Å². The molecule has 0 N–H and O–H groups in total. The van der Waals surface area contributed by atoms with E-state index in [1.165, 1.54) is 18.2 Å². The molecule has 5 nitrogen and oxygen atoms in total. The van der Waals surface area contributed by atoms with E-state index >= 15 is 0 Å². The summed E-state index contributed by atoms with van der Waals surface area (Å²) in [6.45, 7) is 4.11. The monoisotopic (exact) mass is 295 g/mol. The molecule has 2 rings (SSSR count). The Balaban J connectivity index is 1.89. The van der Waals surface area contributed by atoms with Gasteiger partial charge in [0.15, 0.2) is 5.82 Å². The lowest BCUT2D eigenvalue weighted by atomic mass is 10.3. The van der Waals surface area contributed by atoms with Gasteiger partial charge in [0.2, 0.25) is 0 Å². The van der Waals surface area contributed by atoms with Crippen LogP contribution < -0.4 is 4.90 Å². The van der Waals surface area contributed by atoms with Crippen molar-refractivity contribution in [1.29, 1.82) is 0 Å². The van der Waals surface area contributed by atoms with Crippen LogP contribution in [0, 0.1) is 0 Å². The second-order valence-electron chi connectivity index (χ2n) is 4.86. The number of likely N-dealkylation sites (N-methyl/N-ethyl adjacent to an activating group) is 1. The molecule has 7 heteroatoms. The number of anilines is 1. The molecule has 114 valence electrons. The maximum absolute atomic E-state index is 13.4. The van der Waals surface area contributed by atoms with Gasteiger partial charge in [0.25, 0.3) is 0 Å². The fraction of sp³-hybridized carbons (Fsp3) is 0.429. The summed E-state index contributed by atoms with van der Waals surface area (Å²) in [6.07, 6.45) is 7.13. The molecule has 1 aromatic heterocycles. The molecule has 1 aliphatic rings. The van der Waals surface area contributed by atoms with Gasteiger partial charge in [0.1, 0.15) is 5.83 Å². The Bertz CT molecular complexity index is 527. The van der Waals surface area contributed by atoms with Gasteiger partial charge >= 0.3 is 0 Å². The highest BCUT2D eigenvalue weighted by Crippen LogP contribution is 2.12. The van der Waals surface area contributed by atoms with E-state index < -0.39 is 5.83 Å². The van der Waals surface area contributed by atoms with Crippen molar-refractivity contribution in [1.82, 2.24) is 19.9 Å². The van der Waals surface area contributed by atoms with Crippen molar-refractivity contribution >= 4 is 5.82 Å². The Hall–Kier alpha value is -2.02. The lowest BCUT2D eigenvalue weighted by molar-refractivity contribution is 0.312. The number of rotatable bonds is 5. The predicted molar refractivity (Wildman–Crippen MR) is 78.3 cm³/mol. The number of hydrogen-bond donors (Lipinski definition) is 0. The fourth-order valence-corrected chi connectivity index (χ4v) is 2.00. The maximum atomic E-state index is 13.4. The molecule has 0 aliphatic carbocycles. The molecular formula is C14H19F2N5. The highest BCUT2D eigenvalue weighted by atomic mass is 19.1. The molecule has 0 radical (unpaired) electrons. The average molecular weight is 295 g/mol. The zero-order chi connectivity index (χ0) is 15.1. The zero-order valence-corrected chi connectivity index (χ0v) is 12.0. The SMILES string of the molecule is CN1CCN(c2cn(C/C=C(F)/C=C\C=C\F)nn2)CC1. The number of halogens is 2. The van der Waals surface area contributed by atoms with Crippen LogP contribution >= 0.6 is 0 Å². The second kappa shape index (κ2) is 7.68. The summed E-state index contributed by atoms with van der Waals surface area (Å²) in [4.78, 5) is 4.42. The minimum Gasteiger partial charge on any atom is -0.351 e. The molecule has 1 fully saturated rings. The van der Waals surface area contributed by atoms with E-state index in [-0.39, 0.29) is 6.54 Å². The summed E-state index contributed by atoms with van der Waals surface area (Å²) < 4.78 is 26.6. The van der Waals surface area contributed by atoms with E-state index in [2.05, 4.69) is 27.2 Å². The molecule has 1 aliphatic heterocycles. The molecule has 0 amide bonds. The fourth-order valence-electron chi connectivity index (χ4n) is 2.00. The average Bonchev–Trinajstić information content (AvgIpc) is 2.95. The third-order valence-electron chi connectivity index (χ3n) is 3.27. The largest absolute Gasteiger partial charge is 0.351 e. The minimum absolute atomic E-state index is 0.288. The Kier molecular flexibility index (Phi) is 5.62. The summed E-state index contributed by atoms with van der Waals surface area (Å²) in [5.41, 5.74) is 0.